The summed E-state index contributed by atoms with van der Waals surface area (Å²) in [6, 6.07) is 6.31. The van der Waals surface area contributed by atoms with Crippen molar-refractivity contribution in [3.05, 3.63) is 35.6 Å². The van der Waals surface area contributed by atoms with Gasteiger partial charge in [0.15, 0.2) is 0 Å². The second-order valence-electron chi connectivity index (χ2n) is 4.69. The van der Waals surface area contributed by atoms with Crippen LogP contribution >= 0.6 is 0 Å². The van der Waals surface area contributed by atoms with Crippen LogP contribution in [0.1, 0.15) is 31.7 Å². The van der Waals surface area contributed by atoms with Crippen molar-refractivity contribution in [2.45, 2.75) is 38.8 Å². The Labute approximate surface area is 114 Å². The van der Waals surface area contributed by atoms with E-state index in [4.69, 9.17) is 4.74 Å². The van der Waals surface area contributed by atoms with Crippen molar-refractivity contribution in [1.82, 2.24) is 4.90 Å². The van der Waals surface area contributed by atoms with Crippen molar-refractivity contribution >= 4 is 5.97 Å². The van der Waals surface area contributed by atoms with Crippen LogP contribution in [-0.4, -0.2) is 31.1 Å². The number of rotatable bonds is 7. The molecule has 1 aromatic carbocycles. The van der Waals surface area contributed by atoms with E-state index in [9.17, 15) is 9.18 Å². The van der Waals surface area contributed by atoms with E-state index in [2.05, 4.69) is 6.92 Å². The van der Waals surface area contributed by atoms with E-state index >= 15 is 0 Å². The molecule has 0 heterocycles. The van der Waals surface area contributed by atoms with Gasteiger partial charge in [0, 0.05) is 12.1 Å². The highest BCUT2D eigenvalue weighted by Crippen LogP contribution is 2.15. The average molecular weight is 267 g/mol. The largest absolute Gasteiger partial charge is 0.468 e. The molecule has 0 aromatic heterocycles. The van der Waals surface area contributed by atoms with Gasteiger partial charge in [0.25, 0.3) is 0 Å². The number of hydrogen-bond donors (Lipinski definition) is 0. The molecule has 0 aliphatic carbocycles. The first-order valence-electron chi connectivity index (χ1n) is 6.61. The Bertz CT molecular complexity index is 409. The molecule has 0 aliphatic rings. The van der Waals surface area contributed by atoms with Crippen molar-refractivity contribution < 1.29 is 13.9 Å². The van der Waals surface area contributed by atoms with Gasteiger partial charge < -0.3 is 4.74 Å². The van der Waals surface area contributed by atoms with Crippen LogP contribution in [0.2, 0.25) is 0 Å². The summed E-state index contributed by atoms with van der Waals surface area (Å²) in [7, 11) is 3.21. The molecule has 0 aliphatic heterocycles. The lowest BCUT2D eigenvalue weighted by Crippen LogP contribution is -2.39. The van der Waals surface area contributed by atoms with Gasteiger partial charge in [0.2, 0.25) is 0 Å². The highest BCUT2D eigenvalue weighted by Gasteiger charge is 2.23. The maximum Gasteiger partial charge on any atom is 0.323 e. The predicted molar refractivity (Wildman–Crippen MR) is 73.2 cm³/mol. The summed E-state index contributed by atoms with van der Waals surface area (Å²) in [5, 5.41) is 0. The molecule has 19 heavy (non-hydrogen) atoms. The zero-order valence-corrected chi connectivity index (χ0v) is 11.9. The van der Waals surface area contributed by atoms with Gasteiger partial charge in [-0.15, -0.1) is 0 Å². The van der Waals surface area contributed by atoms with Crippen molar-refractivity contribution in [2.24, 2.45) is 0 Å². The first-order valence-corrected chi connectivity index (χ1v) is 6.61. The van der Waals surface area contributed by atoms with Gasteiger partial charge in [-0.2, -0.15) is 0 Å². The van der Waals surface area contributed by atoms with Crippen LogP contribution in [0.5, 0.6) is 0 Å². The first-order chi connectivity index (χ1) is 9.10. The number of nitrogens with zero attached hydrogens (tertiary/aromatic N) is 1. The Balaban J connectivity index is 2.73. The summed E-state index contributed by atoms with van der Waals surface area (Å²) in [5.41, 5.74) is 0.593. The lowest BCUT2D eigenvalue weighted by molar-refractivity contribution is -0.147. The number of benzene rings is 1. The fourth-order valence-electron chi connectivity index (χ4n) is 2.06. The zero-order chi connectivity index (χ0) is 14.3. The number of ether oxygens (including phenoxy) is 1. The van der Waals surface area contributed by atoms with Crippen molar-refractivity contribution in [2.75, 3.05) is 14.2 Å². The number of hydrogen-bond acceptors (Lipinski definition) is 3. The molecule has 3 nitrogen and oxygen atoms in total. The molecule has 0 saturated carbocycles. The van der Waals surface area contributed by atoms with Crippen LogP contribution in [0.15, 0.2) is 24.3 Å². The zero-order valence-electron chi connectivity index (χ0n) is 11.9. The summed E-state index contributed by atoms with van der Waals surface area (Å²) >= 11 is 0. The minimum atomic E-state index is -0.315. The minimum Gasteiger partial charge on any atom is -0.468 e. The lowest BCUT2D eigenvalue weighted by Gasteiger charge is -2.26. The van der Waals surface area contributed by atoms with Crippen molar-refractivity contribution in [3.63, 3.8) is 0 Å². The van der Waals surface area contributed by atoms with Gasteiger partial charge in [-0.3, -0.25) is 9.69 Å². The molecule has 1 rings (SSSR count). The number of methoxy groups -OCH3 is 1. The van der Waals surface area contributed by atoms with Crippen LogP contribution in [0.3, 0.4) is 0 Å². The van der Waals surface area contributed by atoms with Gasteiger partial charge in [-0.05, 0) is 19.5 Å². The fraction of sp³-hybridized carbons (Fsp3) is 0.533. The molecule has 0 saturated heterocycles. The van der Waals surface area contributed by atoms with Crippen LogP contribution in [-0.2, 0) is 16.1 Å². The molecule has 0 amide bonds. The number of esters is 1. The first kappa shape index (κ1) is 15.6. The van der Waals surface area contributed by atoms with E-state index in [0.717, 1.165) is 19.3 Å². The average Bonchev–Trinajstić information content (AvgIpc) is 2.41. The summed E-state index contributed by atoms with van der Waals surface area (Å²) in [6.07, 6.45) is 2.69. The molecule has 0 spiro atoms. The Hall–Kier alpha value is -1.42. The highest BCUT2D eigenvalue weighted by molar-refractivity contribution is 5.75. The molecule has 0 radical (unpaired) electrons. The van der Waals surface area contributed by atoms with Crippen LogP contribution in [0.25, 0.3) is 0 Å². The van der Waals surface area contributed by atoms with Gasteiger partial charge in [-0.1, -0.05) is 38.0 Å². The molecule has 1 atom stereocenters. The highest BCUT2D eigenvalue weighted by atomic mass is 19.1. The standard InChI is InChI=1S/C15H22FNO2/c1-4-5-10-14(15(18)19-3)17(2)11-12-8-6-7-9-13(12)16/h6-9,14H,4-5,10-11H2,1-3H3. The lowest BCUT2D eigenvalue weighted by atomic mass is 10.1. The fourth-order valence-corrected chi connectivity index (χ4v) is 2.06. The summed E-state index contributed by atoms with van der Waals surface area (Å²) in [4.78, 5) is 13.6. The second-order valence-corrected chi connectivity index (χ2v) is 4.69. The van der Waals surface area contributed by atoms with E-state index in [-0.39, 0.29) is 17.8 Å². The van der Waals surface area contributed by atoms with Crippen molar-refractivity contribution in [3.8, 4) is 0 Å². The van der Waals surface area contributed by atoms with Crippen LogP contribution in [0.4, 0.5) is 4.39 Å². The Morgan fingerprint density at radius 2 is 2.11 bits per heavy atom. The van der Waals surface area contributed by atoms with Crippen molar-refractivity contribution in [1.29, 1.82) is 0 Å². The summed E-state index contributed by atoms with van der Waals surface area (Å²) in [5.74, 6) is -0.499. The monoisotopic (exact) mass is 267 g/mol. The molecule has 0 N–H and O–H groups in total. The normalized spacial score (nSPS) is 12.5. The van der Waals surface area contributed by atoms with E-state index in [1.807, 2.05) is 11.9 Å². The molecular formula is C15H22FNO2. The maximum absolute atomic E-state index is 13.6. The number of likely N-dealkylation sites (N-methyl/N-ethyl adjacent to an activating group) is 1. The molecule has 106 valence electrons. The number of carbonyl (C=O) groups is 1. The third-order valence-corrected chi connectivity index (χ3v) is 3.21. The number of unbranched alkanes of at least 4 members (excludes halogenated alkanes) is 1. The van der Waals surface area contributed by atoms with Crippen LogP contribution in [0, 0.1) is 5.82 Å². The predicted octanol–water partition coefficient (Wildman–Crippen LogP) is 2.99. The second kappa shape index (κ2) is 7.89. The topological polar surface area (TPSA) is 29.5 Å². The molecule has 1 aromatic rings. The Kier molecular flexibility index (Phi) is 6.50. The molecule has 0 fully saturated rings. The van der Waals surface area contributed by atoms with E-state index in [0.29, 0.717) is 12.1 Å². The molecule has 1 unspecified atom stereocenters. The van der Waals surface area contributed by atoms with Gasteiger partial charge >= 0.3 is 5.97 Å². The maximum atomic E-state index is 13.6. The Morgan fingerprint density at radius 1 is 1.42 bits per heavy atom. The molecule has 4 heteroatoms. The summed E-state index contributed by atoms with van der Waals surface area (Å²) < 4.78 is 18.4. The van der Waals surface area contributed by atoms with E-state index in [1.54, 1.807) is 18.2 Å². The number of halogens is 1. The molecule has 0 bridgehead atoms. The van der Waals surface area contributed by atoms with E-state index < -0.39 is 0 Å². The van der Waals surface area contributed by atoms with Gasteiger partial charge in [0.05, 0.1) is 7.11 Å². The van der Waals surface area contributed by atoms with Gasteiger partial charge in [0.1, 0.15) is 11.9 Å². The van der Waals surface area contributed by atoms with Gasteiger partial charge in [-0.25, -0.2) is 4.39 Å². The van der Waals surface area contributed by atoms with E-state index in [1.165, 1.54) is 13.2 Å². The quantitative estimate of drug-likeness (QED) is 0.711. The third kappa shape index (κ3) is 4.63. The minimum absolute atomic E-state index is 0.242. The summed E-state index contributed by atoms with van der Waals surface area (Å²) in [6.45, 7) is 2.47. The number of carbonyl (C=O) groups excluding carboxylic acids is 1. The SMILES string of the molecule is CCCCC(C(=O)OC)N(C)Cc1ccccc1F. The Morgan fingerprint density at radius 3 is 2.68 bits per heavy atom. The van der Waals surface area contributed by atoms with Crippen LogP contribution < -0.4 is 0 Å². The smallest absolute Gasteiger partial charge is 0.323 e. The molecular weight excluding hydrogens is 245 g/mol. The third-order valence-electron chi connectivity index (χ3n) is 3.21.